The SMILES string of the molecule is Cc1cc(OCC2(CC(=O)N3CCC(O)CC3)CN(Cc3cnn(Cc4ccccc4)c3)CCO2)cc(C)c1Cl. The number of aryl methyl sites for hydroxylation is 2. The molecule has 0 radical (unpaired) electrons. The van der Waals surface area contributed by atoms with E-state index in [0.29, 0.717) is 45.6 Å². The fraction of sp³-hybridized carbons (Fsp3) is 0.484. The number of nitrogens with zero attached hydrogens (tertiary/aromatic N) is 4. The molecule has 40 heavy (non-hydrogen) atoms. The Labute approximate surface area is 241 Å². The van der Waals surface area contributed by atoms with Gasteiger partial charge in [-0.2, -0.15) is 5.10 Å². The van der Waals surface area contributed by atoms with Crippen LogP contribution in [0.2, 0.25) is 5.02 Å². The second-order valence-corrected chi connectivity index (χ2v) is 11.6. The molecule has 2 aliphatic rings. The maximum Gasteiger partial charge on any atom is 0.225 e. The van der Waals surface area contributed by atoms with E-state index in [0.717, 1.165) is 40.6 Å². The molecular weight excluding hydrogens is 528 g/mol. The lowest BCUT2D eigenvalue weighted by Crippen LogP contribution is -2.57. The summed E-state index contributed by atoms with van der Waals surface area (Å²) in [7, 11) is 0. The fourth-order valence-corrected chi connectivity index (χ4v) is 5.72. The highest BCUT2D eigenvalue weighted by Crippen LogP contribution is 2.30. The van der Waals surface area contributed by atoms with Crippen LogP contribution < -0.4 is 4.74 Å². The number of halogens is 1. The molecule has 8 nitrogen and oxygen atoms in total. The van der Waals surface area contributed by atoms with Gasteiger partial charge in [0.05, 0.1) is 31.9 Å². The maximum absolute atomic E-state index is 13.4. The molecular formula is C31H39ClN4O4. The lowest BCUT2D eigenvalue weighted by Gasteiger charge is -2.43. The van der Waals surface area contributed by atoms with Crippen molar-refractivity contribution in [3.63, 3.8) is 0 Å². The first-order valence-electron chi connectivity index (χ1n) is 14.1. The third kappa shape index (κ3) is 7.23. The van der Waals surface area contributed by atoms with Crippen molar-refractivity contribution in [1.29, 1.82) is 0 Å². The minimum absolute atomic E-state index is 0.0384. The van der Waals surface area contributed by atoms with Crippen LogP contribution in [-0.2, 0) is 22.6 Å². The molecule has 2 aliphatic heterocycles. The summed E-state index contributed by atoms with van der Waals surface area (Å²) in [5, 5.41) is 15.2. The summed E-state index contributed by atoms with van der Waals surface area (Å²) in [6.07, 6.45) is 5.11. The maximum atomic E-state index is 13.4. The summed E-state index contributed by atoms with van der Waals surface area (Å²) in [5.74, 6) is 0.756. The molecule has 214 valence electrons. The van der Waals surface area contributed by atoms with Gasteiger partial charge in [-0.15, -0.1) is 0 Å². The number of piperidine rings is 1. The van der Waals surface area contributed by atoms with Crippen LogP contribution in [-0.4, -0.2) is 81.7 Å². The summed E-state index contributed by atoms with van der Waals surface area (Å²) in [4.78, 5) is 17.6. The standard InChI is InChI=1S/C31H39ClN4O4/c1-23-14-28(15-24(2)30(23)32)39-22-31(16-29(38)35-10-8-27(37)9-11-35)21-34(12-13-40-31)18-26-17-33-36(20-26)19-25-6-4-3-5-7-25/h3-7,14-15,17,20,27,37H,8-13,16,18-19,21-22H2,1-2H3. The summed E-state index contributed by atoms with van der Waals surface area (Å²) < 4.78 is 14.7. The Morgan fingerprint density at radius 2 is 1.82 bits per heavy atom. The van der Waals surface area contributed by atoms with Crippen LogP contribution >= 0.6 is 11.6 Å². The zero-order valence-corrected chi connectivity index (χ0v) is 24.1. The molecule has 9 heteroatoms. The van der Waals surface area contributed by atoms with Gasteiger partial charge in [-0.25, -0.2) is 0 Å². The zero-order valence-electron chi connectivity index (χ0n) is 23.4. The van der Waals surface area contributed by atoms with Gasteiger partial charge in [-0.05, 0) is 55.5 Å². The van der Waals surface area contributed by atoms with E-state index in [2.05, 4.69) is 28.3 Å². The third-order valence-corrected chi connectivity index (χ3v) is 8.41. The van der Waals surface area contributed by atoms with Crippen molar-refractivity contribution < 1.29 is 19.4 Å². The molecule has 0 bridgehead atoms. The normalized spacial score (nSPS) is 20.6. The number of rotatable bonds is 9. The number of hydrogen-bond acceptors (Lipinski definition) is 6. The molecule has 1 aromatic heterocycles. The van der Waals surface area contributed by atoms with Crippen LogP contribution in [0.4, 0.5) is 0 Å². The Morgan fingerprint density at radius 1 is 1.10 bits per heavy atom. The molecule has 1 atom stereocenters. The molecule has 3 heterocycles. The van der Waals surface area contributed by atoms with E-state index in [1.165, 1.54) is 5.56 Å². The van der Waals surface area contributed by atoms with E-state index in [1.807, 2.05) is 60.0 Å². The van der Waals surface area contributed by atoms with Gasteiger partial charge in [-0.3, -0.25) is 14.4 Å². The van der Waals surface area contributed by atoms with Gasteiger partial charge >= 0.3 is 0 Å². The van der Waals surface area contributed by atoms with Crippen LogP contribution in [0.5, 0.6) is 5.75 Å². The number of aliphatic hydroxyl groups excluding tert-OH is 1. The average molecular weight is 567 g/mol. The molecule has 0 saturated carbocycles. The van der Waals surface area contributed by atoms with Crippen LogP contribution in [0.3, 0.4) is 0 Å². The van der Waals surface area contributed by atoms with E-state index >= 15 is 0 Å². The lowest BCUT2D eigenvalue weighted by atomic mass is 9.95. The molecule has 2 fully saturated rings. The Balaban J connectivity index is 1.29. The van der Waals surface area contributed by atoms with Crippen molar-refractivity contribution in [2.45, 2.75) is 57.9 Å². The molecule has 3 aromatic rings. The van der Waals surface area contributed by atoms with Gasteiger partial charge in [0.1, 0.15) is 18.0 Å². The number of ether oxygens (including phenoxy) is 2. The summed E-state index contributed by atoms with van der Waals surface area (Å²) >= 11 is 6.37. The number of aliphatic hydroxyl groups is 1. The van der Waals surface area contributed by atoms with Gasteiger partial charge in [0.2, 0.25) is 5.91 Å². The second-order valence-electron chi connectivity index (χ2n) is 11.2. The Hall–Kier alpha value is -2.91. The first kappa shape index (κ1) is 28.6. The minimum atomic E-state index is -0.799. The molecule has 5 rings (SSSR count). The van der Waals surface area contributed by atoms with Crippen LogP contribution in [0.1, 0.15) is 41.5 Å². The number of hydrogen-bond donors (Lipinski definition) is 1. The van der Waals surface area contributed by atoms with Gasteiger partial charge in [-0.1, -0.05) is 41.9 Å². The predicted molar refractivity (Wildman–Crippen MR) is 155 cm³/mol. The number of benzene rings is 2. The summed E-state index contributed by atoms with van der Waals surface area (Å²) in [6.45, 7) is 8.56. The van der Waals surface area contributed by atoms with E-state index in [1.54, 1.807) is 0 Å². The molecule has 0 aliphatic carbocycles. The first-order valence-corrected chi connectivity index (χ1v) is 14.4. The molecule has 1 amide bonds. The van der Waals surface area contributed by atoms with Crippen molar-refractivity contribution in [2.24, 2.45) is 0 Å². The quantitative estimate of drug-likeness (QED) is 0.418. The third-order valence-electron chi connectivity index (χ3n) is 7.81. The molecule has 2 saturated heterocycles. The van der Waals surface area contributed by atoms with Gasteiger partial charge in [0.15, 0.2) is 0 Å². The Morgan fingerprint density at radius 3 is 2.55 bits per heavy atom. The summed E-state index contributed by atoms with van der Waals surface area (Å²) in [6, 6.07) is 14.1. The number of morpholine rings is 1. The molecule has 0 spiro atoms. The van der Waals surface area contributed by atoms with Crippen molar-refractivity contribution >= 4 is 17.5 Å². The first-order chi connectivity index (χ1) is 19.3. The van der Waals surface area contributed by atoms with Crippen molar-refractivity contribution in [1.82, 2.24) is 19.6 Å². The van der Waals surface area contributed by atoms with Crippen LogP contribution in [0.25, 0.3) is 0 Å². The highest BCUT2D eigenvalue weighted by molar-refractivity contribution is 6.32. The zero-order chi connectivity index (χ0) is 28.1. The smallest absolute Gasteiger partial charge is 0.225 e. The number of amides is 1. The number of likely N-dealkylation sites (tertiary alicyclic amines) is 1. The number of carbonyl (C=O) groups excluding carboxylic acids is 1. The Bertz CT molecular complexity index is 1270. The van der Waals surface area contributed by atoms with Gasteiger partial charge < -0.3 is 19.5 Å². The van der Waals surface area contributed by atoms with Crippen LogP contribution in [0.15, 0.2) is 54.9 Å². The average Bonchev–Trinajstić information content (AvgIpc) is 3.38. The lowest BCUT2D eigenvalue weighted by molar-refractivity contribution is -0.158. The van der Waals surface area contributed by atoms with E-state index < -0.39 is 5.60 Å². The fourth-order valence-electron chi connectivity index (χ4n) is 5.61. The second kappa shape index (κ2) is 12.7. The monoisotopic (exact) mass is 566 g/mol. The van der Waals surface area contributed by atoms with Crippen molar-refractivity contribution in [3.8, 4) is 5.75 Å². The highest BCUT2D eigenvalue weighted by atomic mass is 35.5. The largest absolute Gasteiger partial charge is 0.490 e. The Kier molecular flexibility index (Phi) is 9.10. The summed E-state index contributed by atoms with van der Waals surface area (Å²) in [5.41, 5.74) is 3.43. The molecule has 2 aromatic carbocycles. The minimum Gasteiger partial charge on any atom is -0.490 e. The van der Waals surface area contributed by atoms with Crippen molar-refractivity contribution in [2.75, 3.05) is 39.4 Å². The van der Waals surface area contributed by atoms with Gasteiger partial charge in [0.25, 0.3) is 0 Å². The van der Waals surface area contributed by atoms with E-state index in [9.17, 15) is 9.90 Å². The van der Waals surface area contributed by atoms with E-state index in [4.69, 9.17) is 21.1 Å². The molecule has 1 N–H and O–H groups in total. The van der Waals surface area contributed by atoms with Gasteiger partial charge in [0, 0.05) is 49.5 Å². The van der Waals surface area contributed by atoms with E-state index in [-0.39, 0.29) is 25.0 Å². The highest BCUT2D eigenvalue weighted by Gasteiger charge is 2.41. The van der Waals surface area contributed by atoms with Crippen molar-refractivity contribution in [3.05, 3.63) is 82.1 Å². The number of carbonyl (C=O) groups is 1. The van der Waals surface area contributed by atoms with Crippen LogP contribution in [0, 0.1) is 13.8 Å². The topological polar surface area (TPSA) is 80.1 Å². The predicted octanol–water partition coefficient (Wildman–Crippen LogP) is 4.23. The molecule has 1 unspecified atom stereocenters. The number of aromatic nitrogens is 2.